The van der Waals surface area contributed by atoms with E-state index >= 15 is 0 Å². The zero-order chi connectivity index (χ0) is 19.0. The molecule has 25 heavy (non-hydrogen) atoms. The Labute approximate surface area is 154 Å². The Bertz CT molecular complexity index is 680. The molecule has 0 radical (unpaired) electrons. The highest BCUT2D eigenvalue weighted by molar-refractivity contribution is 9.10. The van der Waals surface area contributed by atoms with Crippen molar-refractivity contribution in [1.29, 1.82) is 0 Å². The third-order valence-corrected chi connectivity index (χ3v) is 3.17. The van der Waals surface area contributed by atoms with Crippen LogP contribution in [0.4, 0.5) is 4.79 Å². The van der Waals surface area contributed by atoms with Gasteiger partial charge in [-0.05, 0) is 45.0 Å². The number of carbonyl (C=O) groups excluding carboxylic acids is 3. The Hall–Kier alpha value is -2.35. The molecule has 0 unspecified atom stereocenters. The molecule has 0 atom stereocenters. The van der Waals surface area contributed by atoms with Gasteiger partial charge in [0.25, 0.3) is 5.91 Å². The molecule has 0 bridgehead atoms. The van der Waals surface area contributed by atoms with E-state index in [1.54, 1.807) is 32.9 Å². The van der Waals surface area contributed by atoms with Gasteiger partial charge in [-0.2, -0.15) is 0 Å². The maximum Gasteiger partial charge on any atom is 0.331 e. The number of halogens is 1. The molecule has 7 nitrogen and oxygen atoms in total. The number of imide groups is 1. The fourth-order valence-corrected chi connectivity index (χ4v) is 2.09. The van der Waals surface area contributed by atoms with E-state index < -0.39 is 30.1 Å². The topological polar surface area (TPSA) is 93.7 Å². The lowest BCUT2D eigenvalue weighted by molar-refractivity contribution is -0.143. The lowest BCUT2D eigenvalue weighted by atomic mass is 10.1. The average Bonchev–Trinajstić information content (AvgIpc) is 2.49. The van der Waals surface area contributed by atoms with Crippen molar-refractivity contribution in [2.24, 2.45) is 0 Å². The summed E-state index contributed by atoms with van der Waals surface area (Å²) in [4.78, 5) is 34.8. The summed E-state index contributed by atoms with van der Waals surface area (Å²) in [6, 6.07) is 4.67. The van der Waals surface area contributed by atoms with E-state index in [1.165, 1.54) is 19.3 Å². The number of esters is 1. The molecule has 8 heteroatoms. The standard InChI is InChI=1S/C17H21BrN2O5/c1-17(2,3)20-16(23)19-14(21)10-25-15(22)8-5-11-9-12(18)6-7-13(11)24-4/h5-9H,10H2,1-4H3,(H2,19,20,21,23)/b8-5+. The molecular weight excluding hydrogens is 392 g/mol. The molecule has 0 heterocycles. The zero-order valence-corrected chi connectivity index (χ0v) is 16.1. The Morgan fingerprint density at radius 1 is 1.24 bits per heavy atom. The van der Waals surface area contributed by atoms with Gasteiger partial charge in [0, 0.05) is 21.7 Å². The summed E-state index contributed by atoms with van der Waals surface area (Å²) in [6.45, 7) is 4.77. The molecule has 0 saturated carbocycles. The number of nitrogens with one attached hydrogen (secondary N) is 2. The predicted molar refractivity (Wildman–Crippen MR) is 97.1 cm³/mol. The summed E-state index contributed by atoms with van der Waals surface area (Å²) in [5.74, 6) is -0.846. The summed E-state index contributed by atoms with van der Waals surface area (Å²) >= 11 is 3.33. The molecular formula is C17H21BrN2O5. The average molecular weight is 413 g/mol. The van der Waals surface area contributed by atoms with E-state index in [1.807, 2.05) is 6.07 Å². The zero-order valence-electron chi connectivity index (χ0n) is 14.5. The highest BCUT2D eigenvalue weighted by Gasteiger charge is 2.16. The highest BCUT2D eigenvalue weighted by atomic mass is 79.9. The van der Waals surface area contributed by atoms with Crippen molar-refractivity contribution in [3.05, 3.63) is 34.3 Å². The van der Waals surface area contributed by atoms with Crippen LogP contribution in [0.2, 0.25) is 0 Å². The minimum absolute atomic E-state index is 0.479. The maximum absolute atomic E-state index is 11.7. The highest BCUT2D eigenvalue weighted by Crippen LogP contribution is 2.24. The maximum atomic E-state index is 11.7. The Kier molecular flexibility index (Phi) is 7.63. The first-order chi connectivity index (χ1) is 11.6. The van der Waals surface area contributed by atoms with E-state index in [4.69, 9.17) is 9.47 Å². The summed E-state index contributed by atoms with van der Waals surface area (Å²) in [5, 5.41) is 4.63. The minimum atomic E-state index is -0.719. The van der Waals surface area contributed by atoms with Gasteiger partial charge in [-0.25, -0.2) is 9.59 Å². The van der Waals surface area contributed by atoms with Gasteiger partial charge in [0.1, 0.15) is 5.75 Å². The molecule has 136 valence electrons. The van der Waals surface area contributed by atoms with Crippen LogP contribution in [0.25, 0.3) is 6.08 Å². The van der Waals surface area contributed by atoms with Gasteiger partial charge in [0.2, 0.25) is 0 Å². The number of hydrogen-bond acceptors (Lipinski definition) is 5. The third kappa shape index (κ3) is 8.35. The lowest BCUT2D eigenvalue weighted by Gasteiger charge is -2.20. The molecule has 0 spiro atoms. The number of hydrogen-bond donors (Lipinski definition) is 2. The molecule has 1 rings (SSSR count). The van der Waals surface area contributed by atoms with E-state index in [9.17, 15) is 14.4 Å². The van der Waals surface area contributed by atoms with Gasteiger partial charge >= 0.3 is 12.0 Å². The summed E-state index contributed by atoms with van der Waals surface area (Å²) < 4.78 is 10.8. The van der Waals surface area contributed by atoms with Crippen molar-refractivity contribution in [3.8, 4) is 5.75 Å². The van der Waals surface area contributed by atoms with E-state index in [0.29, 0.717) is 11.3 Å². The summed E-state index contributed by atoms with van der Waals surface area (Å²) in [6.07, 6.45) is 2.68. The van der Waals surface area contributed by atoms with Crippen LogP contribution in [0.1, 0.15) is 26.3 Å². The number of rotatable bonds is 5. The van der Waals surface area contributed by atoms with E-state index in [-0.39, 0.29) is 0 Å². The van der Waals surface area contributed by atoms with Crippen LogP contribution in [-0.2, 0) is 14.3 Å². The van der Waals surface area contributed by atoms with Crippen molar-refractivity contribution in [1.82, 2.24) is 10.6 Å². The van der Waals surface area contributed by atoms with Gasteiger partial charge < -0.3 is 14.8 Å². The molecule has 0 aliphatic rings. The lowest BCUT2D eigenvalue weighted by Crippen LogP contribution is -2.49. The van der Waals surface area contributed by atoms with Crippen LogP contribution in [0.15, 0.2) is 28.7 Å². The number of urea groups is 1. The number of ether oxygens (including phenoxy) is 2. The Morgan fingerprint density at radius 2 is 1.92 bits per heavy atom. The second kappa shape index (κ2) is 9.22. The molecule has 0 saturated heterocycles. The van der Waals surface area contributed by atoms with Crippen molar-refractivity contribution in [3.63, 3.8) is 0 Å². The molecule has 2 N–H and O–H groups in total. The monoisotopic (exact) mass is 412 g/mol. The van der Waals surface area contributed by atoms with Gasteiger partial charge in [-0.1, -0.05) is 15.9 Å². The molecule has 3 amide bonds. The molecule has 0 aliphatic carbocycles. The smallest absolute Gasteiger partial charge is 0.331 e. The number of benzene rings is 1. The van der Waals surface area contributed by atoms with Crippen molar-refractivity contribution >= 4 is 39.9 Å². The Morgan fingerprint density at radius 3 is 2.52 bits per heavy atom. The van der Waals surface area contributed by atoms with Crippen LogP contribution in [-0.4, -0.2) is 37.2 Å². The largest absolute Gasteiger partial charge is 0.496 e. The first-order valence-electron chi connectivity index (χ1n) is 7.41. The van der Waals surface area contributed by atoms with Gasteiger partial charge in [0.15, 0.2) is 6.61 Å². The number of carbonyl (C=O) groups is 3. The van der Waals surface area contributed by atoms with E-state index in [2.05, 4.69) is 26.6 Å². The molecule has 0 aliphatic heterocycles. The molecule has 1 aromatic rings. The van der Waals surface area contributed by atoms with Crippen LogP contribution >= 0.6 is 15.9 Å². The van der Waals surface area contributed by atoms with Crippen LogP contribution in [0, 0.1) is 0 Å². The summed E-state index contributed by atoms with van der Waals surface area (Å²) in [7, 11) is 1.52. The Balaban J connectivity index is 2.51. The first kappa shape index (κ1) is 20.7. The SMILES string of the molecule is COc1ccc(Br)cc1/C=C/C(=O)OCC(=O)NC(=O)NC(C)(C)C. The molecule has 0 aromatic heterocycles. The van der Waals surface area contributed by atoms with Crippen molar-refractivity contribution < 1.29 is 23.9 Å². The van der Waals surface area contributed by atoms with E-state index in [0.717, 1.165) is 4.47 Å². The molecule has 1 aromatic carbocycles. The fourth-order valence-electron chi connectivity index (χ4n) is 1.71. The van der Waals surface area contributed by atoms with Crippen molar-refractivity contribution in [2.45, 2.75) is 26.3 Å². The quantitative estimate of drug-likeness (QED) is 0.572. The minimum Gasteiger partial charge on any atom is -0.496 e. The normalized spacial score (nSPS) is 11.1. The second-order valence-corrected chi connectivity index (χ2v) is 7.00. The molecule has 0 fully saturated rings. The van der Waals surface area contributed by atoms with Crippen LogP contribution < -0.4 is 15.4 Å². The van der Waals surface area contributed by atoms with Gasteiger partial charge in [-0.15, -0.1) is 0 Å². The van der Waals surface area contributed by atoms with Crippen LogP contribution in [0.3, 0.4) is 0 Å². The van der Waals surface area contributed by atoms with Crippen LogP contribution in [0.5, 0.6) is 5.75 Å². The third-order valence-electron chi connectivity index (χ3n) is 2.68. The fraction of sp³-hybridized carbons (Fsp3) is 0.353. The van der Waals surface area contributed by atoms with Crippen molar-refractivity contribution in [2.75, 3.05) is 13.7 Å². The first-order valence-corrected chi connectivity index (χ1v) is 8.20. The number of methoxy groups -OCH3 is 1. The van der Waals surface area contributed by atoms with Gasteiger partial charge in [0.05, 0.1) is 7.11 Å². The summed E-state index contributed by atoms with van der Waals surface area (Å²) in [5.41, 5.74) is 0.190. The number of amides is 3. The predicted octanol–water partition coefficient (Wildman–Crippen LogP) is 2.64. The van der Waals surface area contributed by atoms with Gasteiger partial charge in [-0.3, -0.25) is 10.1 Å². The second-order valence-electron chi connectivity index (χ2n) is 6.08.